The second-order valence-corrected chi connectivity index (χ2v) is 6.20. The van der Waals surface area contributed by atoms with Crippen molar-refractivity contribution < 1.29 is 0 Å². The Morgan fingerprint density at radius 3 is 2.18 bits per heavy atom. The first-order chi connectivity index (χ1) is 10.8. The van der Waals surface area contributed by atoms with Crippen LogP contribution >= 0.6 is 20.6 Å². The molecule has 4 aromatic rings. The van der Waals surface area contributed by atoms with Gasteiger partial charge in [0.1, 0.15) is 0 Å². The second kappa shape index (κ2) is 6.60. The summed E-state index contributed by atoms with van der Waals surface area (Å²) in [6.07, 6.45) is 0. The van der Waals surface area contributed by atoms with E-state index in [1.54, 1.807) is 0 Å². The van der Waals surface area contributed by atoms with Crippen molar-refractivity contribution in [1.29, 1.82) is 0 Å². The van der Waals surface area contributed by atoms with Crippen molar-refractivity contribution in [3.63, 3.8) is 0 Å². The molecule has 1 unspecified atom stereocenters. The molecule has 0 radical (unpaired) electrons. The first-order valence-electron chi connectivity index (χ1n) is 7.38. The molecule has 22 heavy (non-hydrogen) atoms. The van der Waals surface area contributed by atoms with E-state index in [9.17, 15) is 0 Å². The van der Waals surface area contributed by atoms with E-state index in [-0.39, 0.29) is 0 Å². The summed E-state index contributed by atoms with van der Waals surface area (Å²) in [5.74, 6) is 0. The zero-order chi connectivity index (χ0) is 15.5. The Morgan fingerprint density at radius 2 is 1.41 bits per heavy atom. The van der Waals surface area contributed by atoms with Gasteiger partial charge in [-0.15, -0.1) is 20.6 Å². The third-order valence-corrected chi connectivity index (χ3v) is 4.99. The molecule has 4 rings (SSSR count). The topological polar surface area (TPSA) is 0 Å². The van der Waals surface area contributed by atoms with E-state index in [2.05, 4.69) is 82.9 Å². The van der Waals surface area contributed by atoms with Crippen LogP contribution in [0.15, 0.2) is 66.7 Å². The molecule has 1 atom stereocenters. The number of thiophene rings is 1. The van der Waals surface area contributed by atoms with E-state index >= 15 is 0 Å². The van der Waals surface area contributed by atoms with Crippen molar-refractivity contribution in [2.45, 2.75) is 6.92 Å². The van der Waals surface area contributed by atoms with Gasteiger partial charge in [-0.2, -0.15) is 0 Å². The predicted molar refractivity (Wildman–Crippen MR) is 105 cm³/mol. The fraction of sp³-hybridized carbons (Fsp3) is 0.100. The van der Waals surface area contributed by atoms with Gasteiger partial charge >= 0.3 is 0 Å². The van der Waals surface area contributed by atoms with Crippen molar-refractivity contribution in [3.05, 3.63) is 72.3 Å². The number of benzene rings is 3. The number of hydrogen-bond donors (Lipinski definition) is 0. The molecular weight excluding hydrogens is 303 g/mol. The SMILES string of the molecule is CP.Cc1ccc(-c2cccc3c2sc2ccccc23)cc1. The van der Waals surface area contributed by atoms with Gasteiger partial charge in [-0.3, -0.25) is 0 Å². The lowest BCUT2D eigenvalue weighted by Gasteiger charge is -2.04. The van der Waals surface area contributed by atoms with Crippen molar-refractivity contribution >= 4 is 40.7 Å². The summed E-state index contributed by atoms with van der Waals surface area (Å²) in [7, 11) is 2.42. The lowest BCUT2D eigenvalue weighted by Crippen LogP contribution is -1.78. The van der Waals surface area contributed by atoms with Gasteiger partial charge in [0.05, 0.1) is 0 Å². The third kappa shape index (κ3) is 2.67. The molecule has 2 heteroatoms. The zero-order valence-electron chi connectivity index (χ0n) is 12.8. The summed E-state index contributed by atoms with van der Waals surface area (Å²) >= 11 is 1.89. The maximum absolute atomic E-state index is 2.42. The Balaban J connectivity index is 0.000000693. The average Bonchev–Trinajstić information content (AvgIpc) is 2.96. The van der Waals surface area contributed by atoms with Gasteiger partial charge in [0.25, 0.3) is 0 Å². The van der Waals surface area contributed by atoms with Crippen LogP contribution in [0.5, 0.6) is 0 Å². The van der Waals surface area contributed by atoms with Gasteiger partial charge in [-0.1, -0.05) is 72.9 Å². The normalized spacial score (nSPS) is 10.5. The smallest absolute Gasteiger partial charge is 0.0433 e. The van der Waals surface area contributed by atoms with Crippen LogP contribution in [0.2, 0.25) is 0 Å². The summed E-state index contributed by atoms with van der Waals surface area (Å²) in [5.41, 5.74) is 3.94. The Morgan fingerprint density at radius 1 is 0.727 bits per heavy atom. The van der Waals surface area contributed by atoms with Gasteiger partial charge in [-0.25, -0.2) is 0 Å². The highest BCUT2D eigenvalue weighted by Gasteiger charge is 2.09. The predicted octanol–water partition coefficient (Wildman–Crippen LogP) is 6.52. The van der Waals surface area contributed by atoms with Crippen LogP contribution in [0.25, 0.3) is 31.3 Å². The van der Waals surface area contributed by atoms with E-state index in [0.29, 0.717) is 0 Å². The molecule has 0 aliphatic rings. The minimum absolute atomic E-state index is 1.30. The molecule has 0 bridgehead atoms. The van der Waals surface area contributed by atoms with E-state index in [1.807, 2.05) is 18.0 Å². The van der Waals surface area contributed by atoms with Gasteiger partial charge in [0, 0.05) is 20.2 Å². The quantitative estimate of drug-likeness (QED) is 0.350. The summed E-state index contributed by atoms with van der Waals surface area (Å²) in [5, 5.41) is 2.73. The Bertz CT molecular complexity index is 904. The maximum atomic E-state index is 2.42. The highest BCUT2D eigenvalue weighted by Crippen LogP contribution is 2.39. The first-order valence-corrected chi connectivity index (χ1v) is 9.35. The van der Waals surface area contributed by atoms with Gasteiger partial charge in [0.2, 0.25) is 0 Å². The molecule has 110 valence electrons. The van der Waals surface area contributed by atoms with Crippen LogP contribution in [0, 0.1) is 6.92 Å². The molecular formula is C20H19PS. The fourth-order valence-corrected chi connectivity index (χ4v) is 3.95. The Hall–Kier alpha value is -1.69. The molecule has 0 N–H and O–H groups in total. The van der Waals surface area contributed by atoms with Crippen LogP contribution in [0.1, 0.15) is 5.56 Å². The highest BCUT2D eigenvalue weighted by atomic mass is 32.1. The van der Waals surface area contributed by atoms with Crippen molar-refractivity contribution in [2.75, 3.05) is 6.66 Å². The van der Waals surface area contributed by atoms with Crippen LogP contribution in [0.4, 0.5) is 0 Å². The van der Waals surface area contributed by atoms with Crippen LogP contribution < -0.4 is 0 Å². The van der Waals surface area contributed by atoms with Crippen LogP contribution in [-0.2, 0) is 0 Å². The van der Waals surface area contributed by atoms with Crippen molar-refractivity contribution in [2.24, 2.45) is 0 Å². The standard InChI is InChI=1S/C19H14S.CH5P/c1-13-9-11-14(12-10-13)15-6-4-7-17-16-5-2-3-8-18(16)20-19(15)17;1-2/h2-12H,1H3;2H2,1H3. The molecule has 1 heterocycles. The molecule has 3 aromatic carbocycles. The second-order valence-electron chi connectivity index (χ2n) is 5.15. The lowest BCUT2D eigenvalue weighted by molar-refractivity contribution is 1.47. The maximum Gasteiger partial charge on any atom is 0.0433 e. The number of rotatable bonds is 1. The van der Waals surface area contributed by atoms with E-state index in [4.69, 9.17) is 0 Å². The average molecular weight is 322 g/mol. The number of hydrogen-bond acceptors (Lipinski definition) is 1. The highest BCUT2D eigenvalue weighted by molar-refractivity contribution is 7.26. The molecule has 1 aromatic heterocycles. The zero-order valence-corrected chi connectivity index (χ0v) is 14.8. The van der Waals surface area contributed by atoms with E-state index in [0.717, 1.165) is 0 Å². The monoisotopic (exact) mass is 322 g/mol. The minimum atomic E-state index is 1.30. The van der Waals surface area contributed by atoms with Gasteiger partial charge in [-0.05, 0) is 24.1 Å². The summed E-state index contributed by atoms with van der Waals surface area (Å²) in [4.78, 5) is 0. The van der Waals surface area contributed by atoms with Crippen LogP contribution in [-0.4, -0.2) is 6.66 Å². The lowest BCUT2D eigenvalue weighted by atomic mass is 10.0. The molecule has 0 nitrogen and oxygen atoms in total. The van der Waals surface area contributed by atoms with Crippen molar-refractivity contribution in [1.82, 2.24) is 0 Å². The molecule has 0 amide bonds. The largest absolute Gasteiger partial charge is 0.141 e. The fourth-order valence-electron chi connectivity index (χ4n) is 2.71. The third-order valence-electron chi connectivity index (χ3n) is 3.77. The molecule has 0 saturated heterocycles. The Kier molecular flexibility index (Phi) is 4.57. The molecule has 0 fully saturated rings. The summed E-state index contributed by atoms with van der Waals surface area (Å²) in [6, 6.07) is 24.1. The van der Waals surface area contributed by atoms with Crippen LogP contribution in [0.3, 0.4) is 0 Å². The minimum Gasteiger partial charge on any atom is -0.141 e. The van der Waals surface area contributed by atoms with E-state index in [1.165, 1.54) is 36.9 Å². The van der Waals surface area contributed by atoms with E-state index < -0.39 is 0 Å². The van der Waals surface area contributed by atoms with Crippen molar-refractivity contribution in [3.8, 4) is 11.1 Å². The molecule has 0 saturated carbocycles. The molecule has 0 aliphatic carbocycles. The molecule has 0 spiro atoms. The van der Waals surface area contributed by atoms with Gasteiger partial charge < -0.3 is 0 Å². The summed E-state index contributed by atoms with van der Waals surface area (Å²) in [6.45, 7) is 4.05. The first kappa shape index (κ1) is 15.2. The number of aryl methyl sites for hydroxylation is 1. The Labute approximate surface area is 138 Å². The molecule has 0 aliphatic heterocycles. The number of fused-ring (bicyclic) bond motifs is 3. The van der Waals surface area contributed by atoms with Gasteiger partial charge in [0.15, 0.2) is 0 Å². The summed E-state index contributed by atoms with van der Waals surface area (Å²) < 4.78 is 2.75.